The zero-order chi connectivity index (χ0) is 12.4. The van der Waals surface area contributed by atoms with Gasteiger partial charge in [0, 0.05) is 12.6 Å². The minimum Gasteiger partial charge on any atom is -0.356 e. The first-order valence-electron chi connectivity index (χ1n) is 5.13. The quantitative estimate of drug-likeness (QED) is 0.769. The number of hydrogen-bond acceptors (Lipinski definition) is 3. The highest BCUT2D eigenvalue weighted by molar-refractivity contribution is 5.84. The Bertz CT molecular complexity index is 453. The molecule has 2 N–H and O–H groups in total. The standard InChI is InChI=1S/C10H10F3N3O/c11-5-4-6(12)9(16-8(5)13)15-7-2-1-3-14-10(7)17/h4,7H,1-3H2,(H,14,17)(H,15,16). The summed E-state index contributed by atoms with van der Waals surface area (Å²) in [6.45, 7) is 0.560. The Labute approximate surface area is 95.2 Å². The molecule has 0 saturated carbocycles. The molecule has 1 aromatic heterocycles. The Morgan fingerprint density at radius 1 is 1.35 bits per heavy atom. The summed E-state index contributed by atoms with van der Waals surface area (Å²) in [4.78, 5) is 14.5. The third kappa shape index (κ3) is 2.48. The number of nitrogens with one attached hydrogen (secondary N) is 2. The van der Waals surface area contributed by atoms with E-state index in [4.69, 9.17) is 0 Å². The van der Waals surface area contributed by atoms with Gasteiger partial charge >= 0.3 is 0 Å². The average molecular weight is 245 g/mol. The molecular formula is C10H10F3N3O. The maximum atomic E-state index is 13.2. The lowest BCUT2D eigenvalue weighted by Gasteiger charge is -2.23. The number of carbonyl (C=O) groups excluding carboxylic acids is 1. The lowest BCUT2D eigenvalue weighted by molar-refractivity contribution is -0.123. The fourth-order valence-corrected chi connectivity index (χ4v) is 1.62. The molecule has 4 nitrogen and oxygen atoms in total. The van der Waals surface area contributed by atoms with Gasteiger partial charge in [0.1, 0.15) is 6.04 Å². The molecule has 1 saturated heterocycles. The molecule has 7 heteroatoms. The van der Waals surface area contributed by atoms with Crippen LogP contribution in [0.4, 0.5) is 19.0 Å². The topological polar surface area (TPSA) is 54.0 Å². The number of hydrogen-bond donors (Lipinski definition) is 2. The van der Waals surface area contributed by atoms with Crippen molar-refractivity contribution in [2.45, 2.75) is 18.9 Å². The normalized spacial score (nSPS) is 19.9. The van der Waals surface area contributed by atoms with Gasteiger partial charge in [-0.05, 0) is 12.8 Å². The van der Waals surface area contributed by atoms with E-state index >= 15 is 0 Å². The number of halogens is 3. The van der Waals surface area contributed by atoms with E-state index < -0.39 is 29.4 Å². The van der Waals surface area contributed by atoms with Crippen LogP contribution in [0.5, 0.6) is 0 Å². The second-order valence-electron chi connectivity index (χ2n) is 3.72. The Balaban J connectivity index is 2.17. The van der Waals surface area contributed by atoms with Crippen molar-refractivity contribution in [3.05, 3.63) is 23.6 Å². The second kappa shape index (κ2) is 4.60. The smallest absolute Gasteiger partial charge is 0.251 e. The zero-order valence-corrected chi connectivity index (χ0v) is 8.77. The molecule has 1 fully saturated rings. The van der Waals surface area contributed by atoms with Gasteiger partial charge in [-0.3, -0.25) is 4.79 Å². The third-order valence-corrected chi connectivity index (χ3v) is 2.48. The average Bonchev–Trinajstić information content (AvgIpc) is 2.29. The van der Waals surface area contributed by atoms with Crippen LogP contribution in [0, 0.1) is 17.6 Å². The number of amides is 1. The molecular weight excluding hydrogens is 235 g/mol. The van der Waals surface area contributed by atoms with Gasteiger partial charge in [-0.1, -0.05) is 0 Å². The molecule has 1 amide bonds. The van der Waals surface area contributed by atoms with E-state index in [1.165, 1.54) is 0 Å². The van der Waals surface area contributed by atoms with Crippen LogP contribution in [0.3, 0.4) is 0 Å². The van der Waals surface area contributed by atoms with Gasteiger partial charge in [0.15, 0.2) is 17.5 Å². The van der Waals surface area contributed by atoms with E-state index in [1.807, 2.05) is 0 Å². The van der Waals surface area contributed by atoms with Crippen LogP contribution in [0.1, 0.15) is 12.8 Å². The van der Waals surface area contributed by atoms with E-state index in [9.17, 15) is 18.0 Å². The highest BCUT2D eigenvalue weighted by atomic mass is 19.2. The molecule has 1 aliphatic rings. The van der Waals surface area contributed by atoms with Gasteiger partial charge in [0.2, 0.25) is 5.91 Å². The molecule has 1 aromatic rings. The van der Waals surface area contributed by atoms with E-state index in [0.29, 0.717) is 19.0 Å². The van der Waals surface area contributed by atoms with Gasteiger partial charge in [-0.2, -0.15) is 9.37 Å². The summed E-state index contributed by atoms with van der Waals surface area (Å²) in [5, 5.41) is 5.04. The molecule has 0 spiro atoms. The molecule has 0 bridgehead atoms. The fourth-order valence-electron chi connectivity index (χ4n) is 1.62. The summed E-state index contributed by atoms with van der Waals surface area (Å²) in [6.07, 6.45) is 1.22. The van der Waals surface area contributed by atoms with Crippen LogP contribution in [-0.2, 0) is 4.79 Å². The Kier molecular flexibility index (Phi) is 3.16. The molecule has 92 valence electrons. The van der Waals surface area contributed by atoms with Crippen LogP contribution in [0.2, 0.25) is 0 Å². The number of carbonyl (C=O) groups is 1. The summed E-state index contributed by atoms with van der Waals surface area (Å²) < 4.78 is 38.7. The van der Waals surface area contributed by atoms with Gasteiger partial charge < -0.3 is 10.6 Å². The molecule has 0 aromatic carbocycles. The molecule has 1 unspecified atom stereocenters. The van der Waals surface area contributed by atoms with E-state index in [0.717, 1.165) is 6.42 Å². The number of piperidine rings is 1. The number of pyridine rings is 1. The first kappa shape index (κ1) is 11.7. The highest BCUT2D eigenvalue weighted by Gasteiger charge is 2.24. The van der Waals surface area contributed by atoms with Crippen LogP contribution in [0.15, 0.2) is 6.07 Å². The third-order valence-electron chi connectivity index (χ3n) is 2.48. The van der Waals surface area contributed by atoms with Crippen molar-refractivity contribution >= 4 is 11.7 Å². The Hall–Kier alpha value is -1.79. The maximum absolute atomic E-state index is 13.2. The van der Waals surface area contributed by atoms with Crippen LogP contribution >= 0.6 is 0 Å². The summed E-state index contributed by atoms with van der Waals surface area (Å²) in [7, 11) is 0. The number of anilines is 1. The van der Waals surface area contributed by atoms with Gasteiger partial charge in [-0.15, -0.1) is 0 Å². The molecule has 1 aliphatic heterocycles. The highest BCUT2D eigenvalue weighted by Crippen LogP contribution is 2.17. The predicted octanol–water partition coefficient (Wildman–Crippen LogP) is 1.19. The number of nitrogens with zero attached hydrogens (tertiary/aromatic N) is 1. The van der Waals surface area contributed by atoms with Crippen molar-refractivity contribution in [1.82, 2.24) is 10.3 Å². The minimum absolute atomic E-state index is 0.304. The molecule has 0 aliphatic carbocycles. The summed E-state index contributed by atoms with van der Waals surface area (Å²) >= 11 is 0. The van der Waals surface area contributed by atoms with E-state index in [1.54, 1.807) is 0 Å². The number of rotatable bonds is 2. The first-order chi connectivity index (χ1) is 8.08. The molecule has 0 radical (unpaired) electrons. The van der Waals surface area contributed by atoms with Crippen LogP contribution < -0.4 is 10.6 Å². The van der Waals surface area contributed by atoms with Crippen molar-refractivity contribution in [3.8, 4) is 0 Å². The number of aromatic nitrogens is 1. The Morgan fingerprint density at radius 2 is 2.12 bits per heavy atom. The van der Waals surface area contributed by atoms with Crippen LogP contribution in [-0.4, -0.2) is 23.5 Å². The fraction of sp³-hybridized carbons (Fsp3) is 0.400. The minimum atomic E-state index is -1.40. The molecule has 1 atom stereocenters. The zero-order valence-electron chi connectivity index (χ0n) is 8.77. The summed E-state index contributed by atoms with van der Waals surface area (Å²) in [5.41, 5.74) is 0. The summed E-state index contributed by atoms with van der Waals surface area (Å²) in [5.74, 6) is -4.54. The Morgan fingerprint density at radius 3 is 2.82 bits per heavy atom. The van der Waals surface area contributed by atoms with E-state index in [2.05, 4.69) is 15.6 Å². The molecule has 17 heavy (non-hydrogen) atoms. The van der Waals surface area contributed by atoms with Crippen molar-refractivity contribution in [3.63, 3.8) is 0 Å². The van der Waals surface area contributed by atoms with Crippen molar-refractivity contribution < 1.29 is 18.0 Å². The second-order valence-corrected chi connectivity index (χ2v) is 3.72. The van der Waals surface area contributed by atoms with E-state index in [-0.39, 0.29) is 5.91 Å². The summed E-state index contributed by atoms with van der Waals surface area (Å²) in [6, 6.07) is -0.276. The SMILES string of the molecule is O=C1NCCCC1Nc1nc(F)c(F)cc1F. The lowest BCUT2D eigenvalue weighted by Crippen LogP contribution is -2.44. The predicted molar refractivity (Wildman–Crippen MR) is 53.8 cm³/mol. The van der Waals surface area contributed by atoms with Crippen molar-refractivity contribution in [1.29, 1.82) is 0 Å². The van der Waals surface area contributed by atoms with Gasteiger partial charge in [0.25, 0.3) is 5.95 Å². The monoisotopic (exact) mass is 245 g/mol. The maximum Gasteiger partial charge on any atom is 0.251 e. The largest absolute Gasteiger partial charge is 0.356 e. The first-order valence-corrected chi connectivity index (χ1v) is 5.13. The van der Waals surface area contributed by atoms with Crippen LogP contribution in [0.25, 0.3) is 0 Å². The van der Waals surface area contributed by atoms with Crippen molar-refractivity contribution in [2.24, 2.45) is 0 Å². The van der Waals surface area contributed by atoms with Crippen molar-refractivity contribution in [2.75, 3.05) is 11.9 Å². The van der Waals surface area contributed by atoms with Gasteiger partial charge in [0.05, 0.1) is 0 Å². The lowest BCUT2D eigenvalue weighted by atomic mass is 10.1. The van der Waals surface area contributed by atoms with Gasteiger partial charge in [-0.25, -0.2) is 8.78 Å². The molecule has 2 rings (SSSR count). The molecule has 2 heterocycles.